The minimum atomic E-state index is -3.89. The van der Waals surface area contributed by atoms with Crippen LogP contribution in [-0.4, -0.2) is 36.4 Å². The van der Waals surface area contributed by atoms with Crippen LogP contribution in [0.15, 0.2) is 23.1 Å². The summed E-state index contributed by atoms with van der Waals surface area (Å²) in [6, 6.07) is 2.93. The van der Waals surface area contributed by atoms with Gasteiger partial charge in [-0.3, -0.25) is 4.79 Å². The van der Waals surface area contributed by atoms with E-state index in [9.17, 15) is 13.2 Å². The highest BCUT2D eigenvalue weighted by Gasteiger charge is 2.37. The molecule has 8 heteroatoms. The molecule has 1 heterocycles. The number of carboxylic acid groups (broad SMARTS) is 1. The molecule has 1 aromatic carbocycles. The van der Waals surface area contributed by atoms with Crippen molar-refractivity contribution in [1.29, 1.82) is 0 Å². The zero-order chi connectivity index (χ0) is 14.9. The van der Waals surface area contributed by atoms with Crippen molar-refractivity contribution in [2.24, 2.45) is 0 Å². The van der Waals surface area contributed by atoms with Crippen molar-refractivity contribution >= 4 is 39.2 Å². The Balaban J connectivity index is 2.42. The van der Waals surface area contributed by atoms with Crippen molar-refractivity contribution < 1.29 is 18.3 Å². The molecule has 0 radical (unpaired) electrons. The van der Waals surface area contributed by atoms with Crippen LogP contribution in [0.4, 0.5) is 0 Å². The van der Waals surface area contributed by atoms with Crippen LogP contribution in [0.2, 0.25) is 10.0 Å². The third kappa shape index (κ3) is 2.93. The second-order valence-corrected chi connectivity index (χ2v) is 7.25. The molecule has 0 amide bonds. The minimum Gasteiger partial charge on any atom is -0.480 e. The lowest BCUT2D eigenvalue weighted by Crippen LogP contribution is -2.47. The Kier molecular flexibility index (Phi) is 4.59. The number of hydrogen-bond acceptors (Lipinski definition) is 3. The number of rotatable bonds is 3. The predicted molar refractivity (Wildman–Crippen MR) is 75.6 cm³/mol. The molecule has 1 unspecified atom stereocenters. The molecule has 1 fully saturated rings. The third-order valence-corrected chi connectivity index (χ3v) is 5.88. The van der Waals surface area contributed by atoms with Gasteiger partial charge in [-0.2, -0.15) is 4.31 Å². The number of piperidine rings is 1. The van der Waals surface area contributed by atoms with Gasteiger partial charge in [-0.1, -0.05) is 23.2 Å². The molecule has 2 rings (SSSR count). The van der Waals surface area contributed by atoms with Crippen LogP contribution < -0.4 is 0 Å². The monoisotopic (exact) mass is 337 g/mol. The van der Waals surface area contributed by atoms with Gasteiger partial charge >= 0.3 is 5.97 Å². The Labute approximate surface area is 127 Å². The second-order valence-electron chi connectivity index (χ2n) is 4.54. The van der Waals surface area contributed by atoms with E-state index >= 15 is 0 Å². The summed E-state index contributed by atoms with van der Waals surface area (Å²) in [6.07, 6.45) is 1.66. The first-order chi connectivity index (χ1) is 9.34. The van der Waals surface area contributed by atoms with E-state index in [0.717, 1.165) is 4.31 Å². The maximum atomic E-state index is 12.5. The maximum absolute atomic E-state index is 12.5. The third-order valence-electron chi connectivity index (χ3n) is 3.24. The summed E-state index contributed by atoms with van der Waals surface area (Å²) in [5.74, 6) is -1.13. The molecular weight excluding hydrogens is 325 g/mol. The van der Waals surface area contributed by atoms with Gasteiger partial charge < -0.3 is 5.11 Å². The largest absolute Gasteiger partial charge is 0.480 e. The van der Waals surface area contributed by atoms with Crippen LogP contribution in [0.1, 0.15) is 19.3 Å². The Hall–Kier alpha value is -0.820. The number of nitrogens with zero attached hydrogens (tertiary/aromatic N) is 1. The fraction of sp³-hybridized carbons (Fsp3) is 0.417. The lowest BCUT2D eigenvalue weighted by Gasteiger charge is -2.31. The summed E-state index contributed by atoms with van der Waals surface area (Å²) in [6.45, 7) is 0.194. The van der Waals surface area contributed by atoms with Crippen molar-refractivity contribution in [3.63, 3.8) is 0 Å². The van der Waals surface area contributed by atoms with E-state index in [-0.39, 0.29) is 21.5 Å². The van der Waals surface area contributed by atoms with Crippen LogP contribution in [0.3, 0.4) is 0 Å². The van der Waals surface area contributed by atoms with E-state index in [2.05, 4.69) is 0 Å². The molecule has 0 aliphatic carbocycles. The Bertz CT molecular complexity index is 632. The van der Waals surface area contributed by atoms with Gasteiger partial charge in [0.15, 0.2) is 0 Å². The van der Waals surface area contributed by atoms with Gasteiger partial charge in [0.25, 0.3) is 0 Å². The lowest BCUT2D eigenvalue weighted by molar-refractivity contribution is -0.142. The molecule has 1 aliphatic heterocycles. The number of sulfonamides is 1. The second kappa shape index (κ2) is 5.89. The summed E-state index contributed by atoms with van der Waals surface area (Å²) in [5.41, 5.74) is 0. The summed E-state index contributed by atoms with van der Waals surface area (Å²) in [4.78, 5) is 11.2. The summed E-state index contributed by atoms with van der Waals surface area (Å²) in [7, 11) is -3.89. The Morgan fingerprint density at radius 1 is 1.25 bits per heavy atom. The van der Waals surface area contributed by atoms with E-state index in [0.29, 0.717) is 19.3 Å². The van der Waals surface area contributed by atoms with Gasteiger partial charge in [-0.05, 0) is 37.5 Å². The zero-order valence-corrected chi connectivity index (χ0v) is 12.7. The molecule has 1 saturated heterocycles. The highest BCUT2D eigenvalue weighted by atomic mass is 35.5. The molecule has 1 atom stereocenters. The summed E-state index contributed by atoms with van der Waals surface area (Å²) in [5, 5.41) is 9.54. The van der Waals surface area contributed by atoms with Crippen molar-refractivity contribution in [2.45, 2.75) is 30.2 Å². The zero-order valence-electron chi connectivity index (χ0n) is 10.4. The molecule has 20 heavy (non-hydrogen) atoms. The Morgan fingerprint density at radius 2 is 1.95 bits per heavy atom. The van der Waals surface area contributed by atoms with Gasteiger partial charge in [-0.15, -0.1) is 0 Å². The average molecular weight is 338 g/mol. The SMILES string of the molecule is O=C(O)C1CCCCN1S(=O)(=O)c1ccc(Cl)c(Cl)c1. The van der Waals surface area contributed by atoms with Crippen LogP contribution >= 0.6 is 23.2 Å². The molecule has 0 bridgehead atoms. The van der Waals surface area contributed by atoms with Gasteiger partial charge in [0.2, 0.25) is 10.0 Å². The summed E-state index contributed by atoms with van der Waals surface area (Å²) < 4.78 is 26.1. The van der Waals surface area contributed by atoms with E-state index in [1.54, 1.807) is 0 Å². The smallest absolute Gasteiger partial charge is 0.322 e. The van der Waals surface area contributed by atoms with Crippen molar-refractivity contribution in [2.75, 3.05) is 6.54 Å². The van der Waals surface area contributed by atoms with E-state index in [4.69, 9.17) is 28.3 Å². The number of aliphatic carboxylic acids is 1. The standard InChI is InChI=1S/C12H13Cl2NO4S/c13-9-5-4-8(7-10(9)14)20(18,19)15-6-2-1-3-11(15)12(16)17/h4-5,7,11H,1-3,6H2,(H,16,17). The molecule has 0 saturated carbocycles. The van der Waals surface area contributed by atoms with E-state index < -0.39 is 22.0 Å². The Morgan fingerprint density at radius 3 is 2.55 bits per heavy atom. The maximum Gasteiger partial charge on any atom is 0.322 e. The minimum absolute atomic E-state index is 0.0416. The number of carbonyl (C=O) groups is 1. The molecule has 0 spiro atoms. The molecular formula is C12H13Cl2NO4S. The normalized spacial score (nSPS) is 20.8. The highest BCUT2D eigenvalue weighted by Crippen LogP contribution is 2.29. The first-order valence-corrected chi connectivity index (χ1v) is 8.23. The van der Waals surface area contributed by atoms with Crippen LogP contribution in [0.25, 0.3) is 0 Å². The fourth-order valence-corrected chi connectivity index (χ4v) is 4.25. The average Bonchev–Trinajstić information content (AvgIpc) is 2.41. The molecule has 1 aromatic rings. The van der Waals surface area contributed by atoms with Crippen molar-refractivity contribution in [3.05, 3.63) is 28.2 Å². The van der Waals surface area contributed by atoms with Crippen LogP contribution in [-0.2, 0) is 14.8 Å². The quantitative estimate of drug-likeness (QED) is 0.919. The van der Waals surface area contributed by atoms with Crippen molar-refractivity contribution in [1.82, 2.24) is 4.31 Å². The number of benzene rings is 1. The van der Waals surface area contributed by atoms with Crippen LogP contribution in [0.5, 0.6) is 0 Å². The molecule has 5 nitrogen and oxygen atoms in total. The van der Waals surface area contributed by atoms with Gasteiger partial charge in [0.1, 0.15) is 6.04 Å². The lowest BCUT2D eigenvalue weighted by atomic mass is 10.1. The molecule has 1 aliphatic rings. The topological polar surface area (TPSA) is 74.7 Å². The van der Waals surface area contributed by atoms with E-state index in [1.807, 2.05) is 0 Å². The van der Waals surface area contributed by atoms with Gasteiger partial charge in [-0.25, -0.2) is 8.42 Å². The van der Waals surface area contributed by atoms with Crippen molar-refractivity contribution in [3.8, 4) is 0 Å². The van der Waals surface area contributed by atoms with Gasteiger partial charge in [0.05, 0.1) is 14.9 Å². The van der Waals surface area contributed by atoms with E-state index in [1.165, 1.54) is 18.2 Å². The molecule has 1 N–H and O–H groups in total. The molecule has 110 valence electrons. The fourth-order valence-electron chi connectivity index (χ4n) is 2.21. The predicted octanol–water partition coefficient (Wildman–Crippen LogP) is 2.62. The van der Waals surface area contributed by atoms with Crippen LogP contribution in [0, 0.1) is 0 Å². The first kappa shape index (κ1) is 15.6. The highest BCUT2D eigenvalue weighted by molar-refractivity contribution is 7.89. The van der Waals surface area contributed by atoms with Gasteiger partial charge in [0, 0.05) is 6.54 Å². The number of carboxylic acids is 1. The molecule has 0 aromatic heterocycles. The summed E-state index contributed by atoms with van der Waals surface area (Å²) >= 11 is 11.6. The number of hydrogen-bond donors (Lipinski definition) is 1. The first-order valence-electron chi connectivity index (χ1n) is 6.04. The number of halogens is 2.